The van der Waals surface area contributed by atoms with E-state index in [1.54, 1.807) is 0 Å². The first-order valence-electron chi connectivity index (χ1n) is 3.08. The second-order valence-electron chi connectivity index (χ2n) is 2.04. The van der Waals surface area contributed by atoms with Crippen LogP contribution in [0.4, 0.5) is 0 Å². The van der Waals surface area contributed by atoms with Crippen molar-refractivity contribution in [1.29, 1.82) is 0 Å². The molecule has 0 atom stereocenters. The molecule has 1 heteroatoms. The van der Waals surface area contributed by atoms with E-state index in [-0.39, 0.29) is 0 Å². The van der Waals surface area contributed by atoms with Gasteiger partial charge in [-0.25, -0.2) is 0 Å². The molecular formula is C8H7Li. The van der Waals surface area contributed by atoms with E-state index in [2.05, 4.69) is 29.9 Å². The van der Waals surface area contributed by atoms with Crippen molar-refractivity contribution in [3.8, 4) is 0 Å². The summed E-state index contributed by atoms with van der Waals surface area (Å²) < 4.78 is 1.29. The molecule has 0 fully saturated rings. The molecule has 0 radical (unpaired) electrons. The van der Waals surface area contributed by atoms with Gasteiger partial charge in [0.1, 0.15) is 0 Å². The zero-order valence-corrected chi connectivity index (χ0v) is 5.54. The van der Waals surface area contributed by atoms with Crippen LogP contribution >= 0.6 is 0 Å². The van der Waals surface area contributed by atoms with Crippen LogP contribution in [0, 0.1) is 0 Å². The Morgan fingerprint density at radius 2 is 1.56 bits per heavy atom. The molecule has 0 saturated carbocycles. The molecule has 0 unspecified atom stereocenters. The van der Waals surface area contributed by atoms with Crippen molar-refractivity contribution >= 4 is 17.7 Å². The maximum atomic E-state index is 2.08. The van der Waals surface area contributed by atoms with Gasteiger partial charge in [0.15, 0.2) is 0 Å². The fourth-order valence-electron chi connectivity index (χ4n) is 0.663. The Labute approximate surface area is 64.9 Å². The topological polar surface area (TPSA) is 0 Å². The van der Waals surface area contributed by atoms with E-state index in [4.69, 9.17) is 0 Å². The van der Waals surface area contributed by atoms with Gasteiger partial charge in [0.2, 0.25) is 0 Å². The predicted molar refractivity (Wildman–Crippen MR) is 41.3 cm³/mol. The summed E-state index contributed by atoms with van der Waals surface area (Å²) in [6.07, 6.45) is 14.3. The van der Waals surface area contributed by atoms with Crippen molar-refractivity contribution in [3.05, 3.63) is 46.8 Å². The monoisotopic (exact) mass is 110 g/mol. The maximum absolute atomic E-state index is 2.08. The van der Waals surface area contributed by atoms with E-state index in [0.717, 1.165) is 0 Å². The summed E-state index contributed by atoms with van der Waals surface area (Å²) in [5.41, 5.74) is 0. The minimum absolute atomic E-state index is 1.29. The summed E-state index contributed by atoms with van der Waals surface area (Å²) in [6.45, 7) is 0. The number of allylic oxidation sites excluding steroid dienone is 8. The van der Waals surface area contributed by atoms with Crippen molar-refractivity contribution in [2.45, 2.75) is 0 Å². The summed E-state index contributed by atoms with van der Waals surface area (Å²) in [4.78, 5) is 0. The normalized spacial score (nSPS) is 16.9. The van der Waals surface area contributed by atoms with E-state index in [0.29, 0.717) is 0 Å². The molecule has 1 rings (SSSR count). The Balaban J connectivity index is 2.77. The van der Waals surface area contributed by atoms with Gasteiger partial charge in [0.25, 0.3) is 0 Å². The fraction of sp³-hybridized carbons (Fsp3) is 0. The molecule has 9 heavy (non-hydrogen) atoms. The third-order valence-electron chi connectivity index (χ3n) is 1.16. The Hall–Kier alpha value is -0.443. The van der Waals surface area contributed by atoms with Gasteiger partial charge in [-0.05, 0) is 0 Å². The minimum atomic E-state index is 1.29. The van der Waals surface area contributed by atoms with Crippen LogP contribution in [0.1, 0.15) is 0 Å². The molecule has 0 aliphatic heterocycles. The molecule has 1 aliphatic rings. The van der Waals surface area contributed by atoms with Gasteiger partial charge in [0, 0.05) is 0 Å². The molecule has 0 aromatic rings. The zero-order chi connectivity index (χ0) is 6.53. The molecule has 0 amide bonds. The molecule has 0 heterocycles. The third-order valence-corrected chi connectivity index (χ3v) is 1.16. The third kappa shape index (κ3) is 2.56. The van der Waals surface area contributed by atoms with Gasteiger partial charge in [-0.15, -0.1) is 0 Å². The van der Waals surface area contributed by atoms with Crippen LogP contribution in [0.15, 0.2) is 46.8 Å². The zero-order valence-electron chi connectivity index (χ0n) is 5.54. The second kappa shape index (κ2) is 3.56. The summed E-state index contributed by atoms with van der Waals surface area (Å²) in [5.74, 6) is 0. The van der Waals surface area contributed by atoms with E-state index in [9.17, 15) is 0 Å². The average Bonchev–Trinajstić information content (AvgIpc) is 1.79. The van der Waals surface area contributed by atoms with Crippen LogP contribution in [-0.4, -0.2) is 17.7 Å². The summed E-state index contributed by atoms with van der Waals surface area (Å²) >= 11 is 2.08. The Morgan fingerprint density at radius 3 is 2.44 bits per heavy atom. The van der Waals surface area contributed by atoms with Crippen molar-refractivity contribution in [2.75, 3.05) is 0 Å². The van der Waals surface area contributed by atoms with Gasteiger partial charge < -0.3 is 0 Å². The first-order chi connectivity index (χ1) is 4.39. The molecule has 0 aromatic heterocycles. The van der Waals surface area contributed by atoms with Crippen LogP contribution in [-0.2, 0) is 0 Å². The van der Waals surface area contributed by atoms with Gasteiger partial charge in [0.05, 0.1) is 0 Å². The van der Waals surface area contributed by atoms with Crippen LogP contribution in [0.25, 0.3) is 0 Å². The van der Waals surface area contributed by atoms with Crippen molar-refractivity contribution in [2.24, 2.45) is 0 Å². The summed E-state index contributed by atoms with van der Waals surface area (Å²) in [7, 11) is 0. The Kier molecular flexibility index (Phi) is 2.64. The van der Waals surface area contributed by atoms with Gasteiger partial charge in [-0.3, -0.25) is 0 Å². The van der Waals surface area contributed by atoms with Crippen molar-refractivity contribution < 1.29 is 0 Å². The summed E-state index contributed by atoms with van der Waals surface area (Å²) in [6, 6.07) is 0. The van der Waals surface area contributed by atoms with E-state index in [1.807, 2.05) is 30.4 Å². The van der Waals surface area contributed by atoms with E-state index < -0.39 is 0 Å². The second-order valence-corrected chi connectivity index (χ2v) is 2.04. The van der Waals surface area contributed by atoms with Crippen LogP contribution in [0.3, 0.4) is 0 Å². The molecule has 0 aromatic carbocycles. The van der Waals surface area contributed by atoms with E-state index >= 15 is 0 Å². The fourth-order valence-corrected chi connectivity index (χ4v) is 0.663. The van der Waals surface area contributed by atoms with Crippen LogP contribution in [0.2, 0.25) is 0 Å². The molecule has 0 nitrogen and oxygen atoms in total. The molecule has 40 valence electrons. The van der Waals surface area contributed by atoms with Crippen LogP contribution in [0.5, 0.6) is 0 Å². The van der Waals surface area contributed by atoms with Gasteiger partial charge >= 0.3 is 64.5 Å². The molecular weight excluding hydrogens is 103 g/mol. The average molecular weight is 110 g/mol. The summed E-state index contributed by atoms with van der Waals surface area (Å²) in [5, 5.41) is 0. The van der Waals surface area contributed by atoms with Crippen molar-refractivity contribution in [3.63, 3.8) is 0 Å². The molecule has 0 N–H and O–H groups in total. The van der Waals surface area contributed by atoms with E-state index in [1.165, 1.54) is 4.25 Å². The molecule has 1 aliphatic carbocycles. The van der Waals surface area contributed by atoms with Crippen molar-refractivity contribution in [1.82, 2.24) is 0 Å². The molecule has 0 spiro atoms. The number of hydrogen-bond acceptors (Lipinski definition) is 0. The molecule has 0 saturated heterocycles. The number of hydrogen-bond donors (Lipinski definition) is 0. The first-order valence-corrected chi connectivity index (χ1v) is 3.08. The van der Waals surface area contributed by atoms with Gasteiger partial charge in [-0.1, -0.05) is 0 Å². The van der Waals surface area contributed by atoms with Crippen LogP contribution < -0.4 is 0 Å². The SMILES string of the molecule is [Li][C]1=CC=CC=CC=C1. The standard InChI is InChI=1S/C8H7.Li/c1-2-4-6-8-7-5-3-1;/h1-7H;. The predicted octanol–water partition coefficient (Wildman–Crippen LogP) is 1.72. The Morgan fingerprint density at radius 1 is 0.889 bits per heavy atom. The van der Waals surface area contributed by atoms with Gasteiger partial charge in [-0.2, -0.15) is 0 Å². The first kappa shape index (κ1) is 6.67. The Bertz CT molecular complexity index is 195. The number of rotatable bonds is 0. The molecule has 0 bridgehead atoms. The quantitative estimate of drug-likeness (QED) is 0.416.